The van der Waals surface area contributed by atoms with Gasteiger partial charge in [-0.25, -0.2) is 77.1 Å². The van der Waals surface area contributed by atoms with Crippen molar-refractivity contribution in [2.75, 3.05) is 58.2 Å². The van der Waals surface area contributed by atoms with Gasteiger partial charge in [-0.15, -0.1) is 0 Å². The molecule has 0 saturated carbocycles. The molecule has 12 aromatic rings. The van der Waals surface area contributed by atoms with Gasteiger partial charge in [0.2, 0.25) is 6.29 Å². The molecule has 14 N–H and O–H groups in total. The number of para-hydroxylation sites is 3. The number of alkyl halides is 6. The van der Waals surface area contributed by atoms with Crippen molar-refractivity contribution in [2.45, 2.75) is 183 Å². The number of aliphatic carboxylic acids is 1. The molecule has 0 radical (unpaired) electrons. The number of nitrogens with zero attached hydrogens (tertiary/aromatic N) is 14. The lowest BCUT2D eigenvalue weighted by atomic mass is 9.86. The Balaban J connectivity index is 0.000000249. The van der Waals surface area contributed by atoms with Gasteiger partial charge in [-0.3, -0.25) is 4.79 Å². The van der Waals surface area contributed by atoms with Crippen LogP contribution in [0.3, 0.4) is 0 Å². The summed E-state index contributed by atoms with van der Waals surface area (Å²) in [6.45, 7) is 25.2. The number of alkyl carbamates (subject to hydrolysis) is 2. The molecule has 0 fully saturated rings. The van der Waals surface area contributed by atoms with Gasteiger partial charge in [0.15, 0.2) is 16.9 Å². The fraction of sp³-hybridized carbons (Fsp3) is 0.430. The molecule has 3 aromatic carbocycles. The Morgan fingerprint density at radius 1 is 0.524 bits per heavy atom. The Kier molecular flexibility index (Phi) is 34.9. The Bertz CT molecular complexity index is 5670. The second-order valence-electron chi connectivity index (χ2n) is 30.8. The summed E-state index contributed by atoms with van der Waals surface area (Å²) >= 11 is 2.13. The smallest absolute Gasteiger partial charge is 0.495 e. The summed E-state index contributed by atoms with van der Waals surface area (Å²) in [6.07, 6.45) is -3.69. The minimum absolute atomic E-state index is 0. The van der Waals surface area contributed by atoms with Crippen molar-refractivity contribution in [3.8, 4) is 40.0 Å². The zero-order chi connectivity index (χ0) is 91.4. The van der Waals surface area contributed by atoms with Crippen LogP contribution >= 0.6 is 22.6 Å². The average molecular weight is 1850 g/mol. The third-order valence-corrected chi connectivity index (χ3v) is 17.3. The summed E-state index contributed by atoms with van der Waals surface area (Å²) in [5, 5.41) is 50.2. The molecule has 124 heavy (non-hydrogen) atoms. The molecule has 2 amide bonds. The molecular formula is C79H103BF6IN21O16. The van der Waals surface area contributed by atoms with E-state index in [4.69, 9.17) is 81.0 Å². The third kappa shape index (κ3) is 27.8. The topological polar surface area (TPSA) is 512 Å². The maximum Gasteiger partial charge on any atom is 0.506 e. The van der Waals surface area contributed by atoms with Crippen LogP contribution in [0.25, 0.3) is 88.6 Å². The van der Waals surface area contributed by atoms with Gasteiger partial charge in [0, 0.05) is 48.9 Å². The standard InChI is InChI=1S/C28H37N7O5.C18H21N7O.C14H18BNO5.C14H21IN6O2.C2HF3O2.C2HF3O.CH4/c1-27(2,3)39-25(36)30-13-8-9-14-34-24-20(23(29)31-16-32-24)21(33-34)18-15-17-11-10-12-19(38-7)22(17)35(18)26(37)40-28(4,5)6;1-26-13-6-4-5-11-9-12(23-15(11)13)16-14-17(20)21-10-22-18(14)25(24-16)8-3-2-7-19;1-14(2,3)21-13(17)16-11(15(18)19)8-9-6-5-7-10(20-4)12(9)16;1-14(2,3)23-13(22)17-6-4-5-7-21-12-9(10(15)20-21)11(16)18-8-19-12;3-2(4,5)1(6)7;3-2(4,5)1-6;/h10-12,15-16H,8-9,13-14H2,1-7H3,(H,30,36)(H2,29,31,32);4-6,9-10,23H,2-3,7-8,19H2,1H3,(H2,20,21,22);5-8,18-19H,1-4H3;8H,4-7H2,1-3H3,(H,17,22)(H2,16,18,19);(H,6,7);1H;1H4. The molecule has 0 bridgehead atoms. The second kappa shape index (κ2) is 43.1. The number of H-pyrrole nitrogens is 1. The van der Waals surface area contributed by atoms with E-state index >= 15 is 0 Å². The van der Waals surface area contributed by atoms with Gasteiger partial charge in [-0.1, -0.05) is 43.8 Å². The zero-order valence-electron chi connectivity index (χ0n) is 70.2. The number of carbonyl (C=O) groups excluding carboxylic acids is 5. The number of nitrogens with two attached hydrogens (primary N) is 4. The first-order valence-electron chi connectivity index (χ1n) is 37.9. The van der Waals surface area contributed by atoms with E-state index in [2.05, 4.69) is 73.2 Å². The van der Waals surface area contributed by atoms with Crippen LogP contribution < -0.4 is 53.4 Å². The number of fused-ring (bicyclic) bond motifs is 6. The van der Waals surface area contributed by atoms with Crippen LogP contribution in [0.2, 0.25) is 0 Å². The quantitative estimate of drug-likeness (QED) is 0.00846. The predicted octanol–water partition coefficient (Wildman–Crippen LogP) is 12.9. The number of hydrogen-bond acceptors (Lipinski definition) is 28. The molecule has 0 spiro atoms. The lowest BCUT2D eigenvalue weighted by molar-refractivity contribution is -0.192. The average Bonchev–Trinajstić information content (AvgIpc) is 1.59. The van der Waals surface area contributed by atoms with E-state index in [1.807, 2.05) is 93.4 Å². The number of aromatic amines is 1. The van der Waals surface area contributed by atoms with Gasteiger partial charge in [-0.2, -0.15) is 41.6 Å². The minimum atomic E-state index is -5.08. The summed E-state index contributed by atoms with van der Waals surface area (Å²) in [6, 6.07) is 22.0. The predicted molar refractivity (Wildman–Crippen MR) is 463 cm³/mol. The zero-order valence-corrected chi connectivity index (χ0v) is 72.3. The summed E-state index contributed by atoms with van der Waals surface area (Å²) in [5.41, 5.74) is 28.0. The number of anilines is 3. The maximum absolute atomic E-state index is 13.6. The molecule has 0 aliphatic heterocycles. The minimum Gasteiger partial charge on any atom is -0.495 e. The molecule has 0 aliphatic rings. The molecule has 0 unspecified atom stereocenters. The number of ether oxygens (including phenoxy) is 7. The van der Waals surface area contributed by atoms with Crippen molar-refractivity contribution < 1.29 is 103 Å². The number of methoxy groups -OCH3 is 3. The molecule has 0 saturated heterocycles. The molecule has 9 heterocycles. The maximum atomic E-state index is 13.6. The SMILES string of the molecule is C.CC(C)(C)OC(=O)NCCCCn1nc(I)c2c(N)ncnc21.COc1cccc2cc(-c3nn(CCCCN)c4ncnc(N)c34)[nH]c12.COc1cccc2cc(-c3nn(CCCCNC(=O)OC(C)(C)C)c4ncnc(N)c34)n(C(=O)OC(C)(C)C)c12.COc1cccc2cc(B(O)O)n(C(=O)OC(C)(C)C)c12.O=C(O)C(F)(F)F.O=CC(F)(F)F. The van der Waals surface area contributed by atoms with E-state index in [0.717, 1.165) is 96.0 Å². The van der Waals surface area contributed by atoms with E-state index in [-0.39, 0.29) is 18.8 Å². The van der Waals surface area contributed by atoms with Crippen molar-refractivity contribution in [2.24, 2.45) is 5.73 Å². The number of aryl methyl sites for hydroxylation is 3. The molecule has 9 aromatic heterocycles. The lowest BCUT2D eigenvalue weighted by Gasteiger charge is -2.21. The van der Waals surface area contributed by atoms with Gasteiger partial charge < -0.3 is 86.9 Å². The van der Waals surface area contributed by atoms with Crippen LogP contribution in [-0.4, -0.2) is 208 Å². The van der Waals surface area contributed by atoms with Crippen LogP contribution in [-0.2, 0) is 48.2 Å². The van der Waals surface area contributed by atoms with Crippen molar-refractivity contribution in [1.82, 2.24) is 84.0 Å². The van der Waals surface area contributed by atoms with Crippen LogP contribution in [0.4, 0.5) is 63.0 Å². The number of aldehydes is 1. The molecule has 0 aliphatic carbocycles. The number of carbonyl (C=O) groups is 6. The number of rotatable bonds is 20. The number of carboxylic acids is 1. The Morgan fingerprint density at radius 3 is 1.32 bits per heavy atom. The first-order chi connectivity index (χ1) is 57.5. The fourth-order valence-corrected chi connectivity index (χ4v) is 12.4. The normalized spacial score (nSPS) is 11.6. The second-order valence-corrected chi connectivity index (χ2v) is 31.8. The largest absolute Gasteiger partial charge is 0.506 e. The molecule has 0 atom stereocenters. The number of amides is 2. The van der Waals surface area contributed by atoms with Crippen LogP contribution in [0.1, 0.15) is 129 Å². The summed E-state index contributed by atoms with van der Waals surface area (Å²) in [5.74, 6) is 0.0891. The summed E-state index contributed by atoms with van der Waals surface area (Å²) < 4.78 is 110. The van der Waals surface area contributed by atoms with Crippen LogP contribution in [0.15, 0.2) is 91.8 Å². The number of benzene rings is 3. The fourth-order valence-electron chi connectivity index (χ4n) is 11.7. The first kappa shape index (κ1) is 100. The molecular weight excluding hydrogens is 1750 g/mol. The van der Waals surface area contributed by atoms with Gasteiger partial charge in [-0.05, 0) is 187 Å². The lowest BCUT2D eigenvalue weighted by Crippen LogP contribution is -2.41. The van der Waals surface area contributed by atoms with Gasteiger partial charge in [0.25, 0.3) is 0 Å². The number of hydrogen-bond donors (Lipinski definition) is 10. The van der Waals surface area contributed by atoms with Gasteiger partial charge in [0.1, 0.15) is 102 Å². The van der Waals surface area contributed by atoms with E-state index in [1.165, 1.54) is 36.7 Å². The Labute approximate surface area is 721 Å². The molecule has 37 nitrogen and oxygen atoms in total. The monoisotopic (exact) mass is 1850 g/mol. The highest BCUT2D eigenvalue weighted by Gasteiger charge is 2.38. The highest BCUT2D eigenvalue weighted by molar-refractivity contribution is 14.1. The van der Waals surface area contributed by atoms with E-state index in [9.17, 15) is 55.6 Å². The summed E-state index contributed by atoms with van der Waals surface area (Å²) in [4.78, 5) is 95.8. The Morgan fingerprint density at radius 2 is 0.903 bits per heavy atom. The number of carboxylic acid groups (broad SMARTS) is 1. The van der Waals surface area contributed by atoms with E-state index < -0.39 is 78.5 Å². The van der Waals surface area contributed by atoms with Crippen molar-refractivity contribution in [1.29, 1.82) is 0 Å². The number of nitrogens with one attached hydrogen (secondary N) is 3. The number of unbranched alkanes of at least 4 members (excludes halogenated alkanes) is 3. The van der Waals surface area contributed by atoms with E-state index in [1.54, 1.807) is 84.7 Å². The molecule has 12 rings (SSSR count). The van der Waals surface area contributed by atoms with E-state index in [0.29, 0.717) is 108 Å². The summed E-state index contributed by atoms with van der Waals surface area (Å²) in [7, 11) is 2.89. The highest BCUT2D eigenvalue weighted by Crippen LogP contribution is 2.40. The first-order valence-corrected chi connectivity index (χ1v) is 39.0. The van der Waals surface area contributed by atoms with Crippen molar-refractivity contribution in [3.05, 3.63) is 95.5 Å². The number of aromatic nitrogens is 15. The van der Waals surface area contributed by atoms with Gasteiger partial charge >= 0.3 is 49.8 Å². The number of halogens is 7. The number of nitrogen functional groups attached to an aromatic ring is 3. The molecule has 45 heteroatoms. The highest BCUT2D eigenvalue weighted by atomic mass is 127. The van der Waals surface area contributed by atoms with Gasteiger partial charge in [0.05, 0.1) is 60.0 Å². The molecule has 672 valence electrons. The van der Waals surface area contributed by atoms with Crippen molar-refractivity contribution >= 4 is 155 Å². The van der Waals surface area contributed by atoms with Crippen LogP contribution in [0, 0.1) is 3.70 Å². The third-order valence-electron chi connectivity index (χ3n) is 16.6. The van der Waals surface area contributed by atoms with Crippen molar-refractivity contribution in [3.63, 3.8) is 0 Å². The van der Waals surface area contributed by atoms with Crippen LogP contribution in [0.5, 0.6) is 17.2 Å². The Hall–Kier alpha value is -12.4.